The normalized spacial score (nSPS) is 18.0. The summed E-state index contributed by atoms with van der Waals surface area (Å²) in [5.74, 6) is -0.180. The third-order valence-corrected chi connectivity index (χ3v) is 5.88. The Morgan fingerprint density at radius 1 is 1.14 bits per heavy atom. The predicted octanol–water partition coefficient (Wildman–Crippen LogP) is 3.17. The van der Waals surface area contributed by atoms with Gasteiger partial charge < -0.3 is 19.9 Å². The number of likely N-dealkylation sites (tertiary alicyclic amines) is 1. The number of carbonyl (C=O) groups excluding carboxylic acids is 3. The van der Waals surface area contributed by atoms with Gasteiger partial charge in [0.2, 0.25) is 11.8 Å². The molecule has 160 valence electrons. The first-order valence-corrected chi connectivity index (χ1v) is 11.1. The van der Waals surface area contributed by atoms with Crippen molar-refractivity contribution in [1.29, 1.82) is 0 Å². The Balaban J connectivity index is 1.56. The Morgan fingerprint density at radius 3 is 2.66 bits per heavy atom. The van der Waals surface area contributed by atoms with Crippen LogP contribution in [-0.2, 0) is 27.3 Å². The van der Waals surface area contributed by atoms with Gasteiger partial charge in [-0.25, -0.2) is 9.78 Å². The van der Waals surface area contributed by atoms with Gasteiger partial charge in [0.25, 0.3) is 0 Å². The van der Waals surface area contributed by atoms with Crippen LogP contribution in [0.5, 0.6) is 0 Å². The van der Waals surface area contributed by atoms with Gasteiger partial charge in [-0.2, -0.15) is 0 Å². The number of nitrogens with zero attached hydrogens (tertiary/aromatic N) is 3. The number of thiazole rings is 1. The maximum absolute atomic E-state index is 12.4. The molecule has 0 unspecified atom stereocenters. The van der Waals surface area contributed by atoms with Gasteiger partial charge in [0, 0.05) is 30.8 Å². The van der Waals surface area contributed by atoms with E-state index in [1.54, 1.807) is 9.80 Å². The largest absolute Gasteiger partial charge is 0.444 e. The zero-order valence-corrected chi connectivity index (χ0v) is 18.3. The Kier molecular flexibility index (Phi) is 6.77. The van der Waals surface area contributed by atoms with E-state index in [-0.39, 0.29) is 24.5 Å². The molecule has 0 atom stereocenters. The molecule has 1 fully saturated rings. The summed E-state index contributed by atoms with van der Waals surface area (Å²) < 4.78 is 5.44. The SMILES string of the molecule is CC(C)(C)OC(=O)N1CCc2nc(NC(=O)CN3CCCCCCC3=O)sc2C1. The molecule has 9 heteroatoms. The molecule has 0 spiro atoms. The molecule has 3 amide bonds. The molecule has 3 heterocycles. The van der Waals surface area contributed by atoms with Crippen LogP contribution in [0.3, 0.4) is 0 Å². The Hall–Kier alpha value is -2.16. The molecule has 0 saturated carbocycles. The molecular formula is C20H30N4O4S. The zero-order valence-electron chi connectivity index (χ0n) is 17.5. The number of fused-ring (bicyclic) bond motifs is 1. The summed E-state index contributed by atoms with van der Waals surface area (Å²) in [7, 11) is 0. The molecule has 29 heavy (non-hydrogen) atoms. The van der Waals surface area contributed by atoms with E-state index in [9.17, 15) is 14.4 Å². The lowest BCUT2D eigenvalue weighted by molar-refractivity contribution is -0.135. The fourth-order valence-corrected chi connectivity index (χ4v) is 4.49. The highest BCUT2D eigenvalue weighted by Crippen LogP contribution is 2.29. The summed E-state index contributed by atoms with van der Waals surface area (Å²) in [5, 5.41) is 3.34. The van der Waals surface area contributed by atoms with E-state index in [1.165, 1.54) is 11.3 Å². The van der Waals surface area contributed by atoms with Crippen LogP contribution in [0.1, 0.15) is 63.4 Å². The fourth-order valence-electron chi connectivity index (χ4n) is 3.45. The van der Waals surface area contributed by atoms with Gasteiger partial charge >= 0.3 is 6.09 Å². The average Bonchev–Trinajstić information content (AvgIpc) is 3.01. The molecule has 3 rings (SSSR count). The number of aromatic nitrogens is 1. The molecule has 0 aromatic carbocycles. The molecule has 2 aliphatic rings. The van der Waals surface area contributed by atoms with E-state index in [1.807, 2.05) is 20.8 Å². The highest BCUT2D eigenvalue weighted by Gasteiger charge is 2.28. The zero-order chi connectivity index (χ0) is 21.0. The average molecular weight is 423 g/mol. The van der Waals surface area contributed by atoms with Crippen LogP contribution in [0.25, 0.3) is 0 Å². The Morgan fingerprint density at radius 2 is 1.90 bits per heavy atom. The summed E-state index contributed by atoms with van der Waals surface area (Å²) in [5.41, 5.74) is 0.376. The molecular weight excluding hydrogens is 392 g/mol. The minimum absolute atomic E-state index is 0.0475. The van der Waals surface area contributed by atoms with Crippen molar-refractivity contribution in [3.8, 4) is 0 Å². The summed E-state index contributed by atoms with van der Waals surface area (Å²) in [6, 6.07) is 0. The van der Waals surface area contributed by atoms with Crippen molar-refractivity contribution in [2.45, 2.75) is 71.4 Å². The predicted molar refractivity (Wildman–Crippen MR) is 111 cm³/mol. The number of hydrogen-bond acceptors (Lipinski definition) is 6. The second kappa shape index (κ2) is 9.11. The Bertz CT molecular complexity index is 771. The molecule has 0 bridgehead atoms. The number of ether oxygens (including phenoxy) is 1. The van der Waals surface area contributed by atoms with Crippen LogP contribution in [0.2, 0.25) is 0 Å². The van der Waals surface area contributed by atoms with Crippen LogP contribution in [0.15, 0.2) is 0 Å². The van der Waals surface area contributed by atoms with Crippen LogP contribution >= 0.6 is 11.3 Å². The molecule has 8 nitrogen and oxygen atoms in total. The van der Waals surface area contributed by atoms with Gasteiger partial charge in [-0.3, -0.25) is 9.59 Å². The first-order valence-electron chi connectivity index (χ1n) is 10.3. The highest BCUT2D eigenvalue weighted by molar-refractivity contribution is 7.15. The maximum atomic E-state index is 12.4. The molecule has 1 aromatic rings. The number of rotatable bonds is 3. The monoisotopic (exact) mass is 422 g/mol. The van der Waals surface area contributed by atoms with Crippen LogP contribution in [0, 0.1) is 0 Å². The van der Waals surface area contributed by atoms with Crippen molar-refractivity contribution in [3.63, 3.8) is 0 Å². The van der Waals surface area contributed by atoms with Gasteiger partial charge in [-0.1, -0.05) is 24.2 Å². The van der Waals surface area contributed by atoms with Crippen molar-refractivity contribution in [3.05, 3.63) is 10.6 Å². The molecule has 0 radical (unpaired) electrons. The van der Waals surface area contributed by atoms with Crippen LogP contribution < -0.4 is 5.32 Å². The lowest BCUT2D eigenvalue weighted by Gasteiger charge is -2.29. The minimum atomic E-state index is -0.534. The summed E-state index contributed by atoms with van der Waals surface area (Å²) >= 11 is 1.38. The summed E-state index contributed by atoms with van der Waals surface area (Å²) in [6.07, 6.45) is 4.81. The number of anilines is 1. The van der Waals surface area contributed by atoms with Crippen LogP contribution in [-0.4, -0.2) is 57.9 Å². The lowest BCUT2D eigenvalue weighted by Crippen LogP contribution is -2.39. The van der Waals surface area contributed by atoms with E-state index < -0.39 is 5.60 Å². The van der Waals surface area contributed by atoms with E-state index in [2.05, 4.69) is 10.3 Å². The van der Waals surface area contributed by atoms with Crippen molar-refractivity contribution >= 4 is 34.4 Å². The second-order valence-corrected chi connectivity index (χ2v) is 9.65. The topological polar surface area (TPSA) is 91.8 Å². The number of carbonyl (C=O) groups is 3. The smallest absolute Gasteiger partial charge is 0.410 e. The van der Waals surface area contributed by atoms with E-state index >= 15 is 0 Å². The lowest BCUT2D eigenvalue weighted by atomic mass is 10.1. The molecule has 0 aliphatic carbocycles. The standard InChI is InChI=1S/C20H30N4O4S/c1-20(2,3)28-19(27)24-11-9-14-15(12-24)29-18(21-14)22-16(25)13-23-10-7-5-4-6-8-17(23)26/h4-13H2,1-3H3,(H,21,22,25). The molecule has 2 aliphatic heterocycles. The van der Waals surface area contributed by atoms with E-state index in [0.717, 1.165) is 36.3 Å². The second-order valence-electron chi connectivity index (χ2n) is 8.57. The van der Waals surface area contributed by atoms with Gasteiger partial charge in [0.15, 0.2) is 5.13 Å². The van der Waals surface area contributed by atoms with Gasteiger partial charge in [0.1, 0.15) is 5.60 Å². The number of hydrogen-bond donors (Lipinski definition) is 1. The molecule has 1 saturated heterocycles. The minimum Gasteiger partial charge on any atom is -0.444 e. The quantitative estimate of drug-likeness (QED) is 0.808. The Labute approximate surface area is 175 Å². The summed E-state index contributed by atoms with van der Waals surface area (Å²) in [6.45, 7) is 7.20. The summed E-state index contributed by atoms with van der Waals surface area (Å²) in [4.78, 5) is 45.7. The van der Waals surface area contributed by atoms with Gasteiger partial charge in [-0.15, -0.1) is 0 Å². The maximum Gasteiger partial charge on any atom is 0.410 e. The fraction of sp³-hybridized carbons (Fsp3) is 0.700. The van der Waals surface area contributed by atoms with Gasteiger partial charge in [0.05, 0.1) is 18.8 Å². The molecule has 1 aromatic heterocycles. The molecule has 1 N–H and O–H groups in total. The first-order chi connectivity index (χ1) is 13.7. The van der Waals surface area contributed by atoms with Crippen molar-refractivity contribution < 1.29 is 19.1 Å². The third kappa shape index (κ3) is 6.16. The van der Waals surface area contributed by atoms with Crippen molar-refractivity contribution in [2.24, 2.45) is 0 Å². The first kappa shape index (κ1) is 21.5. The number of amides is 3. The van der Waals surface area contributed by atoms with Crippen LogP contribution in [0.4, 0.5) is 9.93 Å². The number of nitrogens with one attached hydrogen (secondary N) is 1. The van der Waals surface area contributed by atoms with Crippen molar-refractivity contribution in [1.82, 2.24) is 14.8 Å². The van der Waals surface area contributed by atoms with E-state index in [4.69, 9.17) is 4.74 Å². The van der Waals surface area contributed by atoms with Gasteiger partial charge in [-0.05, 0) is 33.6 Å². The van der Waals surface area contributed by atoms with Crippen molar-refractivity contribution in [2.75, 3.05) is 25.0 Å². The highest BCUT2D eigenvalue weighted by atomic mass is 32.1. The van der Waals surface area contributed by atoms with E-state index in [0.29, 0.717) is 37.6 Å². The third-order valence-electron chi connectivity index (χ3n) is 4.89.